The molecule has 7 nitrogen and oxygen atoms in total. The number of rotatable bonds is 8. The van der Waals surface area contributed by atoms with E-state index in [1.165, 1.54) is 49.6 Å². The van der Waals surface area contributed by atoms with Crippen LogP contribution in [0.3, 0.4) is 0 Å². The summed E-state index contributed by atoms with van der Waals surface area (Å²) >= 11 is 0. The number of hydrogen-bond acceptors (Lipinski definition) is 7. The zero-order chi connectivity index (χ0) is 23.6. The Morgan fingerprint density at radius 1 is 0.667 bits per heavy atom. The number of carbonyl (C=O) groups excluding carboxylic acids is 2. The summed E-state index contributed by atoms with van der Waals surface area (Å²) in [6.07, 6.45) is 5.73. The van der Waals surface area contributed by atoms with Gasteiger partial charge in [-0.25, -0.2) is 9.59 Å². The number of ether oxygens (including phenoxy) is 4. The number of benzene rings is 3. The molecule has 0 unspecified atom stereocenters. The van der Waals surface area contributed by atoms with Crippen LogP contribution in [0.2, 0.25) is 0 Å². The van der Waals surface area contributed by atoms with Gasteiger partial charge in [0.15, 0.2) is 11.5 Å². The van der Waals surface area contributed by atoms with Crippen molar-refractivity contribution in [3.05, 3.63) is 90.0 Å². The molecule has 0 aliphatic rings. The van der Waals surface area contributed by atoms with Crippen molar-refractivity contribution in [1.29, 1.82) is 0 Å². The van der Waals surface area contributed by atoms with Crippen molar-refractivity contribution in [2.24, 2.45) is 0 Å². The van der Waals surface area contributed by atoms with Crippen LogP contribution in [0.4, 0.5) is 0 Å². The average Bonchev–Trinajstić information content (AvgIpc) is 2.83. The molecular formula is C26H22O7. The molecule has 3 aromatic rings. The van der Waals surface area contributed by atoms with Crippen molar-refractivity contribution in [1.82, 2.24) is 0 Å². The molecular weight excluding hydrogens is 424 g/mol. The van der Waals surface area contributed by atoms with Gasteiger partial charge in [0.05, 0.1) is 14.2 Å². The molecule has 3 aromatic carbocycles. The minimum atomic E-state index is -0.617. The Bertz CT molecular complexity index is 1160. The van der Waals surface area contributed by atoms with Gasteiger partial charge < -0.3 is 24.1 Å². The van der Waals surface area contributed by atoms with Crippen LogP contribution < -0.4 is 18.9 Å². The molecule has 168 valence electrons. The molecule has 0 heterocycles. The summed E-state index contributed by atoms with van der Waals surface area (Å²) < 4.78 is 20.9. The van der Waals surface area contributed by atoms with Crippen LogP contribution in [0.5, 0.6) is 28.7 Å². The summed E-state index contributed by atoms with van der Waals surface area (Å²) in [4.78, 5) is 24.3. The maximum atomic E-state index is 12.1. The number of phenolic OH excluding ortho intramolecular Hbond substituents is 1. The molecule has 0 atom stereocenters. The van der Waals surface area contributed by atoms with Crippen molar-refractivity contribution in [3.63, 3.8) is 0 Å². The SMILES string of the molecule is COc1ccc(/C=C/C(=O)Oc2ccc(OC(=O)/C=C/c3ccc(O)cc3)c(OC)c2)cc1. The first-order chi connectivity index (χ1) is 16.0. The van der Waals surface area contributed by atoms with Gasteiger partial charge in [-0.1, -0.05) is 24.3 Å². The highest BCUT2D eigenvalue weighted by Crippen LogP contribution is 2.31. The van der Waals surface area contributed by atoms with Crippen LogP contribution in [0.15, 0.2) is 78.9 Å². The van der Waals surface area contributed by atoms with Crippen molar-refractivity contribution in [2.45, 2.75) is 0 Å². The van der Waals surface area contributed by atoms with E-state index in [9.17, 15) is 14.7 Å². The Morgan fingerprint density at radius 2 is 1.21 bits per heavy atom. The average molecular weight is 446 g/mol. The highest BCUT2D eigenvalue weighted by molar-refractivity contribution is 5.90. The Balaban J connectivity index is 1.61. The van der Waals surface area contributed by atoms with Crippen LogP contribution >= 0.6 is 0 Å². The van der Waals surface area contributed by atoms with E-state index in [2.05, 4.69) is 0 Å². The zero-order valence-electron chi connectivity index (χ0n) is 18.1. The maximum Gasteiger partial charge on any atom is 0.336 e. The minimum absolute atomic E-state index is 0.136. The van der Waals surface area contributed by atoms with Crippen molar-refractivity contribution < 1.29 is 33.6 Å². The van der Waals surface area contributed by atoms with Gasteiger partial charge in [-0.05, 0) is 59.7 Å². The molecule has 0 saturated carbocycles. The van der Waals surface area contributed by atoms with E-state index in [0.717, 1.165) is 16.9 Å². The first-order valence-electron chi connectivity index (χ1n) is 9.88. The monoisotopic (exact) mass is 446 g/mol. The quantitative estimate of drug-likeness (QED) is 0.306. The molecule has 0 amide bonds. The number of aromatic hydroxyl groups is 1. The van der Waals surface area contributed by atoms with E-state index in [1.54, 1.807) is 43.5 Å². The smallest absolute Gasteiger partial charge is 0.336 e. The van der Waals surface area contributed by atoms with Gasteiger partial charge in [-0.2, -0.15) is 0 Å². The first kappa shape index (κ1) is 23.1. The zero-order valence-corrected chi connectivity index (χ0v) is 18.1. The van der Waals surface area contributed by atoms with Gasteiger partial charge in [0.25, 0.3) is 0 Å². The molecule has 0 spiro atoms. The third-order valence-corrected chi connectivity index (χ3v) is 4.40. The summed E-state index contributed by atoms with van der Waals surface area (Å²) in [5, 5.41) is 9.29. The fraction of sp³-hybridized carbons (Fsp3) is 0.0769. The maximum absolute atomic E-state index is 12.1. The number of hydrogen-bond donors (Lipinski definition) is 1. The fourth-order valence-electron chi connectivity index (χ4n) is 2.72. The van der Waals surface area contributed by atoms with Crippen LogP contribution in [-0.2, 0) is 9.59 Å². The van der Waals surface area contributed by atoms with Crippen LogP contribution in [-0.4, -0.2) is 31.3 Å². The molecule has 0 fully saturated rings. The topological polar surface area (TPSA) is 91.3 Å². The summed E-state index contributed by atoms with van der Waals surface area (Å²) in [5.41, 5.74) is 1.54. The lowest BCUT2D eigenvalue weighted by Gasteiger charge is -2.10. The number of phenols is 1. The van der Waals surface area contributed by atoms with Crippen molar-refractivity contribution in [2.75, 3.05) is 14.2 Å². The number of esters is 2. The molecule has 0 aliphatic heterocycles. The highest BCUT2D eigenvalue weighted by atomic mass is 16.6. The third-order valence-electron chi connectivity index (χ3n) is 4.40. The normalized spacial score (nSPS) is 10.8. The van der Waals surface area contributed by atoms with Crippen LogP contribution in [0.1, 0.15) is 11.1 Å². The molecule has 0 saturated heterocycles. The predicted octanol–water partition coefficient (Wildman–Crippen LogP) is 4.65. The first-order valence-corrected chi connectivity index (χ1v) is 9.88. The van der Waals surface area contributed by atoms with Crippen LogP contribution in [0, 0.1) is 0 Å². The second-order valence-corrected chi connectivity index (χ2v) is 6.69. The Hall–Kier alpha value is -4.52. The molecule has 33 heavy (non-hydrogen) atoms. The number of carbonyl (C=O) groups is 2. The van der Waals surface area contributed by atoms with E-state index >= 15 is 0 Å². The van der Waals surface area contributed by atoms with Gasteiger partial charge >= 0.3 is 11.9 Å². The van der Waals surface area contributed by atoms with Crippen molar-refractivity contribution in [3.8, 4) is 28.7 Å². The van der Waals surface area contributed by atoms with Gasteiger partial charge in [0.2, 0.25) is 0 Å². The molecule has 3 rings (SSSR count). The summed E-state index contributed by atoms with van der Waals surface area (Å²) in [7, 11) is 2.99. The highest BCUT2D eigenvalue weighted by Gasteiger charge is 2.11. The molecule has 0 aromatic heterocycles. The standard InChI is InChI=1S/C26H22O7/c1-30-21-11-5-19(6-12-21)7-15-25(28)32-22-13-14-23(24(17-22)31-2)33-26(29)16-8-18-3-9-20(27)10-4-18/h3-17,27H,1-2H3/b15-7+,16-8+. The van der Waals surface area contributed by atoms with Gasteiger partial charge in [-0.3, -0.25) is 0 Å². The minimum Gasteiger partial charge on any atom is -0.508 e. The van der Waals surface area contributed by atoms with Crippen LogP contribution in [0.25, 0.3) is 12.2 Å². The van der Waals surface area contributed by atoms with E-state index in [1.807, 2.05) is 12.1 Å². The lowest BCUT2D eigenvalue weighted by Crippen LogP contribution is -2.06. The van der Waals surface area contributed by atoms with E-state index in [4.69, 9.17) is 18.9 Å². The summed E-state index contributed by atoms with van der Waals surface area (Å²) in [6, 6.07) is 18.0. The second-order valence-electron chi connectivity index (χ2n) is 6.69. The molecule has 0 aliphatic carbocycles. The van der Waals surface area contributed by atoms with Gasteiger partial charge in [-0.15, -0.1) is 0 Å². The van der Waals surface area contributed by atoms with Gasteiger partial charge in [0, 0.05) is 18.2 Å². The molecule has 0 radical (unpaired) electrons. The lowest BCUT2D eigenvalue weighted by molar-refractivity contribution is -0.130. The van der Waals surface area contributed by atoms with E-state index in [0.29, 0.717) is 0 Å². The third kappa shape index (κ3) is 7.00. The Labute approximate surface area is 191 Å². The second kappa shape index (κ2) is 11.2. The summed E-state index contributed by atoms with van der Waals surface area (Å²) in [6.45, 7) is 0. The summed E-state index contributed by atoms with van der Waals surface area (Å²) in [5.74, 6) is 0.297. The lowest BCUT2D eigenvalue weighted by atomic mass is 10.2. The molecule has 7 heteroatoms. The van der Waals surface area contributed by atoms with E-state index < -0.39 is 11.9 Å². The predicted molar refractivity (Wildman–Crippen MR) is 123 cm³/mol. The molecule has 1 N–H and O–H groups in total. The van der Waals surface area contributed by atoms with Gasteiger partial charge in [0.1, 0.15) is 17.2 Å². The van der Waals surface area contributed by atoms with E-state index in [-0.39, 0.29) is 23.0 Å². The molecule has 0 bridgehead atoms. The largest absolute Gasteiger partial charge is 0.508 e. The number of methoxy groups -OCH3 is 2. The van der Waals surface area contributed by atoms with Crippen molar-refractivity contribution >= 4 is 24.1 Å². The Morgan fingerprint density at radius 3 is 1.79 bits per heavy atom. The fourth-order valence-corrected chi connectivity index (χ4v) is 2.72. The Kier molecular flexibility index (Phi) is 7.86.